The SMILES string of the molecule is CCCCC(CCC)Nc1nccc(C(=O)O)c1N. The molecule has 5 nitrogen and oxygen atoms in total. The molecule has 0 saturated carbocycles. The van der Waals surface area contributed by atoms with Gasteiger partial charge < -0.3 is 16.2 Å². The first-order chi connectivity index (χ1) is 9.10. The van der Waals surface area contributed by atoms with Gasteiger partial charge in [0.2, 0.25) is 0 Å². The van der Waals surface area contributed by atoms with Crippen molar-refractivity contribution in [3.05, 3.63) is 17.8 Å². The molecule has 19 heavy (non-hydrogen) atoms. The van der Waals surface area contributed by atoms with Crippen molar-refractivity contribution in [2.75, 3.05) is 11.1 Å². The topological polar surface area (TPSA) is 88.2 Å². The molecule has 1 unspecified atom stereocenters. The lowest BCUT2D eigenvalue weighted by molar-refractivity contribution is 0.0698. The molecule has 1 rings (SSSR count). The predicted molar refractivity (Wildman–Crippen MR) is 77.5 cm³/mol. The summed E-state index contributed by atoms with van der Waals surface area (Å²) in [5.74, 6) is -0.544. The summed E-state index contributed by atoms with van der Waals surface area (Å²) in [6.45, 7) is 4.28. The van der Waals surface area contributed by atoms with Crippen molar-refractivity contribution in [3.8, 4) is 0 Å². The number of nitrogen functional groups attached to an aromatic ring is 1. The molecule has 0 aliphatic rings. The molecule has 0 radical (unpaired) electrons. The van der Waals surface area contributed by atoms with Gasteiger partial charge in [0, 0.05) is 12.2 Å². The number of unbranched alkanes of at least 4 members (excludes halogenated alkanes) is 1. The Hall–Kier alpha value is -1.78. The van der Waals surface area contributed by atoms with Crippen LogP contribution in [0.3, 0.4) is 0 Å². The molecular weight excluding hydrogens is 242 g/mol. The number of aromatic carboxylic acids is 1. The highest BCUT2D eigenvalue weighted by Crippen LogP contribution is 2.22. The molecule has 0 bridgehead atoms. The van der Waals surface area contributed by atoms with Gasteiger partial charge in [-0.15, -0.1) is 0 Å². The van der Waals surface area contributed by atoms with Crippen molar-refractivity contribution in [3.63, 3.8) is 0 Å². The number of carboxylic acid groups (broad SMARTS) is 1. The number of aromatic nitrogens is 1. The van der Waals surface area contributed by atoms with Gasteiger partial charge in [0.1, 0.15) is 5.82 Å². The zero-order valence-electron chi connectivity index (χ0n) is 11.6. The van der Waals surface area contributed by atoms with Crippen LogP contribution in [-0.2, 0) is 0 Å². The summed E-state index contributed by atoms with van der Waals surface area (Å²) < 4.78 is 0. The van der Waals surface area contributed by atoms with Gasteiger partial charge in [-0.2, -0.15) is 0 Å². The van der Waals surface area contributed by atoms with Crippen LogP contribution in [0.4, 0.5) is 11.5 Å². The minimum Gasteiger partial charge on any atom is -0.478 e. The minimum atomic E-state index is -1.02. The first kappa shape index (κ1) is 15.3. The van der Waals surface area contributed by atoms with E-state index in [-0.39, 0.29) is 11.3 Å². The Kier molecular flexibility index (Phi) is 6.12. The van der Waals surface area contributed by atoms with Crippen molar-refractivity contribution in [1.82, 2.24) is 4.98 Å². The molecule has 0 aliphatic heterocycles. The van der Waals surface area contributed by atoms with Crippen molar-refractivity contribution in [1.29, 1.82) is 0 Å². The van der Waals surface area contributed by atoms with Gasteiger partial charge in [0.05, 0.1) is 11.3 Å². The number of carbonyl (C=O) groups is 1. The van der Waals surface area contributed by atoms with Crippen LogP contribution >= 0.6 is 0 Å². The van der Waals surface area contributed by atoms with E-state index in [2.05, 4.69) is 24.1 Å². The normalized spacial score (nSPS) is 12.1. The molecule has 4 N–H and O–H groups in total. The lowest BCUT2D eigenvalue weighted by atomic mass is 10.0. The van der Waals surface area contributed by atoms with E-state index >= 15 is 0 Å². The van der Waals surface area contributed by atoms with Crippen LogP contribution in [0.15, 0.2) is 12.3 Å². The van der Waals surface area contributed by atoms with Crippen LogP contribution in [0.5, 0.6) is 0 Å². The number of nitrogens with two attached hydrogens (primary N) is 1. The number of pyridine rings is 1. The number of nitrogens with one attached hydrogen (secondary N) is 1. The number of rotatable bonds is 8. The number of anilines is 2. The van der Waals surface area contributed by atoms with Crippen molar-refractivity contribution >= 4 is 17.5 Å². The van der Waals surface area contributed by atoms with Crippen molar-refractivity contribution < 1.29 is 9.90 Å². The fraction of sp³-hybridized carbons (Fsp3) is 0.571. The molecule has 1 aromatic rings. The Morgan fingerprint density at radius 2 is 2.16 bits per heavy atom. The number of hydrogen-bond acceptors (Lipinski definition) is 4. The Morgan fingerprint density at radius 3 is 2.74 bits per heavy atom. The van der Waals surface area contributed by atoms with Gasteiger partial charge in [0.15, 0.2) is 0 Å². The third-order valence-corrected chi connectivity index (χ3v) is 3.10. The van der Waals surface area contributed by atoms with Crippen LogP contribution in [-0.4, -0.2) is 22.1 Å². The fourth-order valence-corrected chi connectivity index (χ4v) is 2.06. The summed E-state index contributed by atoms with van der Waals surface area (Å²) in [4.78, 5) is 15.2. The molecule has 0 aliphatic carbocycles. The van der Waals surface area contributed by atoms with E-state index < -0.39 is 5.97 Å². The second-order valence-electron chi connectivity index (χ2n) is 4.70. The van der Waals surface area contributed by atoms with Crippen molar-refractivity contribution in [2.24, 2.45) is 0 Å². The quantitative estimate of drug-likeness (QED) is 0.672. The lowest BCUT2D eigenvalue weighted by Crippen LogP contribution is -2.21. The van der Waals surface area contributed by atoms with Crippen LogP contribution in [0, 0.1) is 0 Å². The summed E-state index contributed by atoms with van der Waals surface area (Å²) in [5, 5.41) is 12.3. The largest absolute Gasteiger partial charge is 0.478 e. The number of nitrogens with zero attached hydrogens (tertiary/aromatic N) is 1. The fourth-order valence-electron chi connectivity index (χ4n) is 2.06. The average Bonchev–Trinajstić information content (AvgIpc) is 2.38. The maximum Gasteiger partial charge on any atom is 0.337 e. The summed E-state index contributed by atoms with van der Waals surface area (Å²) >= 11 is 0. The van der Waals surface area contributed by atoms with Gasteiger partial charge in [-0.1, -0.05) is 33.1 Å². The maximum absolute atomic E-state index is 11.0. The molecule has 0 aromatic carbocycles. The molecule has 106 valence electrons. The molecule has 0 spiro atoms. The molecule has 5 heteroatoms. The number of carboxylic acids is 1. The molecular formula is C14H23N3O2. The van der Waals surface area contributed by atoms with Crippen LogP contribution in [0.2, 0.25) is 0 Å². The van der Waals surface area contributed by atoms with Gasteiger partial charge in [-0.05, 0) is 18.9 Å². The first-order valence-corrected chi connectivity index (χ1v) is 6.84. The summed E-state index contributed by atoms with van der Waals surface area (Å²) in [7, 11) is 0. The highest BCUT2D eigenvalue weighted by Gasteiger charge is 2.15. The zero-order valence-corrected chi connectivity index (χ0v) is 11.6. The zero-order chi connectivity index (χ0) is 14.3. The van der Waals surface area contributed by atoms with E-state index in [4.69, 9.17) is 10.8 Å². The summed E-state index contributed by atoms with van der Waals surface area (Å²) in [6, 6.07) is 1.72. The van der Waals surface area contributed by atoms with E-state index in [1.165, 1.54) is 12.3 Å². The lowest BCUT2D eigenvalue weighted by Gasteiger charge is -2.20. The molecule has 1 atom stereocenters. The Bertz CT molecular complexity index is 421. The van der Waals surface area contributed by atoms with Crippen LogP contribution in [0.1, 0.15) is 56.3 Å². The highest BCUT2D eigenvalue weighted by atomic mass is 16.4. The van der Waals surface area contributed by atoms with E-state index in [0.717, 1.165) is 32.1 Å². The van der Waals surface area contributed by atoms with E-state index in [0.29, 0.717) is 11.9 Å². The Balaban J connectivity index is 2.83. The third kappa shape index (κ3) is 4.43. The Labute approximate surface area is 114 Å². The van der Waals surface area contributed by atoms with Gasteiger partial charge in [-0.25, -0.2) is 9.78 Å². The van der Waals surface area contributed by atoms with Crippen LogP contribution < -0.4 is 11.1 Å². The molecule has 1 aromatic heterocycles. The molecule has 0 amide bonds. The molecule has 0 saturated heterocycles. The molecule has 1 heterocycles. The van der Waals surface area contributed by atoms with E-state index in [1.54, 1.807) is 0 Å². The predicted octanol–water partition coefficient (Wildman–Crippen LogP) is 3.13. The van der Waals surface area contributed by atoms with Gasteiger partial charge >= 0.3 is 5.97 Å². The summed E-state index contributed by atoms with van der Waals surface area (Å²) in [6.07, 6.45) is 6.89. The third-order valence-electron chi connectivity index (χ3n) is 3.10. The average molecular weight is 265 g/mol. The maximum atomic E-state index is 11.0. The molecule has 0 fully saturated rings. The Morgan fingerprint density at radius 1 is 1.42 bits per heavy atom. The van der Waals surface area contributed by atoms with E-state index in [9.17, 15) is 4.79 Å². The van der Waals surface area contributed by atoms with E-state index in [1.807, 2.05) is 0 Å². The first-order valence-electron chi connectivity index (χ1n) is 6.84. The second-order valence-corrected chi connectivity index (χ2v) is 4.70. The smallest absolute Gasteiger partial charge is 0.337 e. The van der Waals surface area contributed by atoms with Crippen LogP contribution in [0.25, 0.3) is 0 Å². The van der Waals surface area contributed by atoms with Gasteiger partial charge in [-0.3, -0.25) is 0 Å². The minimum absolute atomic E-state index is 0.100. The van der Waals surface area contributed by atoms with Crippen molar-refractivity contribution in [2.45, 2.75) is 52.0 Å². The monoisotopic (exact) mass is 265 g/mol. The summed E-state index contributed by atoms with van der Waals surface area (Å²) in [5.41, 5.74) is 6.17. The highest BCUT2D eigenvalue weighted by molar-refractivity contribution is 5.96. The standard InChI is InChI=1S/C14H23N3O2/c1-3-5-7-10(6-4-2)17-13-12(15)11(14(18)19)8-9-16-13/h8-10H,3-7,15H2,1-2H3,(H,16,17)(H,18,19). The van der Waals surface area contributed by atoms with Gasteiger partial charge in [0.25, 0.3) is 0 Å². The second kappa shape index (κ2) is 7.61. The number of hydrogen-bond donors (Lipinski definition) is 3.